The average molecular weight is 544 g/mol. The zero-order valence-corrected chi connectivity index (χ0v) is 20.0. The molecule has 39 heavy (non-hydrogen) atoms. The van der Waals surface area contributed by atoms with Crippen LogP contribution in [0.5, 0.6) is 0 Å². The van der Waals surface area contributed by atoms with Crippen molar-refractivity contribution in [3.05, 3.63) is 101 Å². The van der Waals surface area contributed by atoms with E-state index in [2.05, 4.69) is 20.5 Å². The minimum Gasteiger partial charge on any atom is -0.304 e. The summed E-state index contributed by atoms with van der Waals surface area (Å²) in [4.78, 5) is 16.9. The third-order valence-electron chi connectivity index (χ3n) is 5.82. The number of anilines is 1. The van der Waals surface area contributed by atoms with E-state index in [1.165, 1.54) is 18.2 Å². The molecule has 0 saturated heterocycles. The van der Waals surface area contributed by atoms with Gasteiger partial charge in [0.05, 0.1) is 12.2 Å². The number of alkyl halides is 5. The molecule has 3 heterocycles. The number of amides is 1. The van der Waals surface area contributed by atoms with Crippen LogP contribution < -0.4 is 5.32 Å². The van der Waals surface area contributed by atoms with Crippen molar-refractivity contribution in [1.82, 2.24) is 24.4 Å². The highest BCUT2D eigenvalue weighted by Crippen LogP contribution is 2.44. The van der Waals surface area contributed by atoms with Gasteiger partial charge in [-0.1, -0.05) is 29.8 Å². The van der Waals surface area contributed by atoms with Gasteiger partial charge in [-0.05, 0) is 42.8 Å². The molecular weight excluding hydrogens is 526 g/mol. The van der Waals surface area contributed by atoms with Gasteiger partial charge < -0.3 is 5.32 Å². The second-order valence-electron chi connectivity index (χ2n) is 8.74. The number of fused-ring (bicyclic) bond motifs is 1. The summed E-state index contributed by atoms with van der Waals surface area (Å²) in [6.07, 6.45) is -4.35. The Bertz CT molecular complexity index is 1660. The summed E-state index contributed by atoms with van der Waals surface area (Å²) >= 11 is 0. The van der Waals surface area contributed by atoms with Gasteiger partial charge in [-0.3, -0.25) is 9.48 Å². The maximum Gasteiger partial charge on any atom is 0.459 e. The Morgan fingerprint density at radius 2 is 1.62 bits per heavy atom. The molecule has 0 unspecified atom stereocenters. The highest BCUT2D eigenvalue weighted by atomic mass is 19.4. The SMILES string of the molecule is Cc1ccc(Cn2ccc(NC(=O)c3cc4nc(-c5ccc(F)cc5)cc(C(F)(F)C(F)(F)F)n4n3)n2)cc1. The third kappa shape index (κ3) is 5.19. The Hall–Kier alpha value is -4.68. The number of rotatable bonds is 6. The average Bonchev–Trinajstić information content (AvgIpc) is 3.51. The van der Waals surface area contributed by atoms with Crippen LogP contribution in [-0.4, -0.2) is 36.5 Å². The van der Waals surface area contributed by atoms with E-state index in [0.29, 0.717) is 12.6 Å². The Morgan fingerprint density at radius 3 is 2.28 bits per heavy atom. The van der Waals surface area contributed by atoms with E-state index in [1.54, 1.807) is 10.9 Å². The van der Waals surface area contributed by atoms with Crippen LogP contribution >= 0.6 is 0 Å². The summed E-state index contributed by atoms with van der Waals surface area (Å²) in [5.41, 5.74) is -0.608. The van der Waals surface area contributed by atoms with Gasteiger partial charge in [0.1, 0.15) is 11.5 Å². The lowest BCUT2D eigenvalue weighted by atomic mass is 10.1. The molecule has 0 radical (unpaired) electrons. The fraction of sp³-hybridized carbons (Fsp3) is 0.154. The second-order valence-corrected chi connectivity index (χ2v) is 8.74. The first-order valence-electron chi connectivity index (χ1n) is 11.4. The molecule has 1 N–H and O–H groups in total. The monoisotopic (exact) mass is 544 g/mol. The van der Waals surface area contributed by atoms with Gasteiger partial charge in [0, 0.05) is 23.9 Å². The van der Waals surface area contributed by atoms with Crippen molar-refractivity contribution in [2.45, 2.75) is 25.6 Å². The van der Waals surface area contributed by atoms with Crippen LogP contribution in [0.25, 0.3) is 16.9 Å². The zero-order valence-electron chi connectivity index (χ0n) is 20.0. The second kappa shape index (κ2) is 9.57. The summed E-state index contributed by atoms with van der Waals surface area (Å²) in [5, 5.41) is 10.4. The number of hydrogen-bond donors (Lipinski definition) is 1. The first kappa shape index (κ1) is 25.9. The molecule has 2 aromatic carbocycles. The predicted octanol–water partition coefficient (Wildman–Crippen LogP) is 6.00. The summed E-state index contributed by atoms with van der Waals surface area (Å²) < 4.78 is 84.1. The lowest BCUT2D eigenvalue weighted by Crippen LogP contribution is -2.36. The van der Waals surface area contributed by atoms with Gasteiger partial charge >= 0.3 is 12.1 Å². The number of nitrogens with zero attached hydrogens (tertiary/aromatic N) is 5. The lowest BCUT2D eigenvalue weighted by molar-refractivity contribution is -0.291. The van der Waals surface area contributed by atoms with Crippen molar-refractivity contribution in [2.75, 3.05) is 5.32 Å². The zero-order chi connectivity index (χ0) is 27.9. The standard InChI is InChI=1S/C26H18F6N6O/c1-15-2-4-16(5-3-15)14-37-11-10-22(36-37)34-24(39)20-13-23-33-19(17-6-8-18(27)9-7-17)12-21(38(23)35-20)25(28,29)26(30,31)32/h2-13H,14H2,1H3,(H,34,36,39). The van der Waals surface area contributed by atoms with E-state index < -0.39 is 40.9 Å². The predicted molar refractivity (Wildman–Crippen MR) is 129 cm³/mol. The van der Waals surface area contributed by atoms with Crippen molar-refractivity contribution in [1.29, 1.82) is 0 Å². The number of benzene rings is 2. The summed E-state index contributed by atoms with van der Waals surface area (Å²) in [7, 11) is 0. The number of carbonyl (C=O) groups excluding carboxylic acids is 1. The Balaban J connectivity index is 1.47. The molecule has 5 aromatic rings. The minimum atomic E-state index is -5.96. The van der Waals surface area contributed by atoms with Gasteiger partial charge in [-0.15, -0.1) is 0 Å². The van der Waals surface area contributed by atoms with Crippen LogP contribution in [-0.2, 0) is 12.5 Å². The van der Waals surface area contributed by atoms with Crippen molar-refractivity contribution < 1.29 is 31.1 Å². The highest BCUT2D eigenvalue weighted by Gasteiger charge is 2.60. The van der Waals surface area contributed by atoms with Gasteiger partial charge in [-0.2, -0.15) is 32.1 Å². The van der Waals surface area contributed by atoms with E-state index >= 15 is 0 Å². The molecule has 5 rings (SSSR count). The van der Waals surface area contributed by atoms with Crippen LogP contribution in [0.3, 0.4) is 0 Å². The molecule has 0 bridgehead atoms. The number of nitrogens with one attached hydrogen (secondary N) is 1. The molecule has 3 aromatic heterocycles. The number of halogens is 6. The summed E-state index contributed by atoms with van der Waals surface area (Å²) in [5.74, 6) is -6.75. The van der Waals surface area contributed by atoms with E-state index in [9.17, 15) is 31.1 Å². The molecule has 0 aliphatic rings. The van der Waals surface area contributed by atoms with Crippen LogP contribution in [0.1, 0.15) is 27.3 Å². The molecule has 0 aliphatic heterocycles. The Labute approximate surface area is 216 Å². The molecule has 0 fully saturated rings. The quantitative estimate of drug-likeness (QED) is 0.266. The fourth-order valence-corrected chi connectivity index (χ4v) is 3.80. The van der Waals surface area contributed by atoms with Crippen molar-refractivity contribution in [3.63, 3.8) is 0 Å². The fourth-order valence-electron chi connectivity index (χ4n) is 3.80. The topological polar surface area (TPSA) is 77.1 Å². The van der Waals surface area contributed by atoms with Crippen LogP contribution in [0.4, 0.5) is 32.2 Å². The smallest absolute Gasteiger partial charge is 0.304 e. The van der Waals surface area contributed by atoms with Crippen LogP contribution in [0.2, 0.25) is 0 Å². The highest BCUT2D eigenvalue weighted by molar-refractivity contribution is 6.03. The number of aryl methyl sites for hydroxylation is 1. The molecule has 200 valence electrons. The lowest BCUT2D eigenvalue weighted by Gasteiger charge is -2.21. The molecule has 0 aliphatic carbocycles. The Morgan fingerprint density at radius 1 is 0.923 bits per heavy atom. The number of aromatic nitrogens is 5. The third-order valence-corrected chi connectivity index (χ3v) is 5.82. The van der Waals surface area contributed by atoms with Crippen LogP contribution in [0.15, 0.2) is 72.9 Å². The molecule has 0 spiro atoms. The maximum atomic E-state index is 14.5. The van der Waals surface area contributed by atoms with E-state index in [-0.39, 0.29) is 21.6 Å². The van der Waals surface area contributed by atoms with Crippen molar-refractivity contribution in [2.24, 2.45) is 0 Å². The summed E-state index contributed by atoms with van der Waals surface area (Å²) in [6, 6.07) is 15.1. The molecule has 13 heteroatoms. The first-order chi connectivity index (χ1) is 18.4. The van der Waals surface area contributed by atoms with Gasteiger partial charge in [0.25, 0.3) is 5.91 Å². The number of carbonyl (C=O) groups is 1. The van der Waals surface area contributed by atoms with Crippen molar-refractivity contribution in [3.8, 4) is 11.3 Å². The van der Waals surface area contributed by atoms with E-state index in [0.717, 1.165) is 29.3 Å². The van der Waals surface area contributed by atoms with Gasteiger partial charge in [-0.25, -0.2) is 13.9 Å². The Kier molecular flexibility index (Phi) is 6.36. The minimum absolute atomic E-state index is 0.0874. The van der Waals surface area contributed by atoms with Crippen LogP contribution in [0, 0.1) is 12.7 Å². The largest absolute Gasteiger partial charge is 0.459 e. The molecule has 1 amide bonds. The first-order valence-corrected chi connectivity index (χ1v) is 11.4. The van der Waals surface area contributed by atoms with Gasteiger partial charge in [0.15, 0.2) is 17.2 Å². The normalized spacial score (nSPS) is 12.2. The number of hydrogen-bond acceptors (Lipinski definition) is 4. The molecule has 7 nitrogen and oxygen atoms in total. The van der Waals surface area contributed by atoms with E-state index in [1.807, 2.05) is 31.2 Å². The molecule has 0 saturated carbocycles. The van der Waals surface area contributed by atoms with Crippen molar-refractivity contribution >= 4 is 17.4 Å². The molecule has 0 atom stereocenters. The van der Waals surface area contributed by atoms with E-state index in [4.69, 9.17) is 0 Å². The molecular formula is C26H18F6N6O. The summed E-state index contributed by atoms with van der Waals surface area (Å²) in [6.45, 7) is 2.37. The maximum absolute atomic E-state index is 14.5. The van der Waals surface area contributed by atoms with Gasteiger partial charge in [0.2, 0.25) is 0 Å².